The summed E-state index contributed by atoms with van der Waals surface area (Å²) in [5.74, 6) is -0.707. The number of aliphatic hydroxyl groups excluding tert-OH is 1. The number of aliphatic hydroxyl groups is 1. The lowest BCUT2D eigenvalue weighted by molar-refractivity contribution is -0.122. The molecule has 3 aliphatic rings. The molecule has 0 saturated carbocycles. The molecule has 4 rings (SSSR count). The highest BCUT2D eigenvalue weighted by Gasteiger charge is 2.46. The smallest absolute Gasteiger partial charge is 0.286 e. The van der Waals surface area contributed by atoms with E-state index in [1.165, 1.54) is 18.2 Å². The molecule has 3 aliphatic heterocycles. The van der Waals surface area contributed by atoms with Gasteiger partial charge in [0.05, 0.1) is 24.0 Å². The van der Waals surface area contributed by atoms with Gasteiger partial charge in [-0.1, -0.05) is 20.8 Å². The summed E-state index contributed by atoms with van der Waals surface area (Å²) in [6, 6.07) is 3.16. The summed E-state index contributed by atoms with van der Waals surface area (Å²) in [7, 11) is -7.87. The molecular formula is C22H30N4O6S2. The Morgan fingerprint density at radius 1 is 1.29 bits per heavy atom. The van der Waals surface area contributed by atoms with Crippen molar-refractivity contribution in [1.29, 1.82) is 0 Å². The minimum absolute atomic E-state index is 0.0134. The quantitative estimate of drug-likeness (QED) is 0.548. The van der Waals surface area contributed by atoms with E-state index in [9.17, 15) is 26.7 Å². The standard InChI is InChI=1S/C22H30N4O6S2/c1-22(2,3)10-9-16-20(28)18(19(27)15-6-5-11-26(15)16)21-23-14-8-7-13(24-33(4,29)30)12-17(14)34(31,32)25-21/h7-8,12,15-16,24,27H,5-6,9-11H2,1-4H3,(H,23,25)/t15-,16-/m1/s1. The second kappa shape index (κ2) is 8.35. The van der Waals surface area contributed by atoms with E-state index >= 15 is 0 Å². The number of anilines is 2. The third-order valence-corrected chi connectivity index (χ3v) is 8.17. The van der Waals surface area contributed by atoms with Crippen molar-refractivity contribution in [2.24, 2.45) is 9.81 Å². The van der Waals surface area contributed by atoms with Gasteiger partial charge in [-0.25, -0.2) is 8.42 Å². The normalized spacial score (nSPS) is 24.8. The predicted molar refractivity (Wildman–Crippen MR) is 130 cm³/mol. The molecule has 0 spiro atoms. The van der Waals surface area contributed by atoms with Gasteiger partial charge in [0.2, 0.25) is 10.0 Å². The first-order chi connectivity index (χ1) is 15.7. The molecule has 2 atom stereocenters. The fourth-order valence-corrected chi connectivity index (χ4v) is 6.42. The van der Waals surface area contributed by atoms with Crippen molar-refractivity contribution in [2.75, 3.05) is 22.8 Å². The molecule has 1 aromatic carbocycles. The number of nitrogens with one attached hydrogen (secondary N) is 2. The van der Waals surface area contributed by atoms with E-state index < -0.39 is 26.1 Å². The third kappa shape index (κ3) is 4.84. The lowest BCUT2D eigenvalue weighted by Crippen LogP contribution is -2.52. The first-order valence-corrected chi connectivity index (χ1v) is 14.5. The number of sulfonamides is 2. The van der Waals surface area contributed by atoms with Crippen LogP contribution in [0.5, 0.6) is 0 Å². The number of carbonyl (C=O) groups is 1. The molecule has 1 fully saturated rings. The largest absolute Gasteiger partial charge is 0.510 e. The number of hydrogen-bond donors (Lipinski definition) is 3. The van der Waals surface area contributed by atoms with Crippen LogP contribution in [-0.4, -0.2) is 63.3 Å². The number of carbonyl (C=O) groups excluding carboxylic acids is 1. The van der Waals surface area contributed by atoms with Gasteiger partial charge in [-0.15, -0.1) is 4.40 Å². The fraction of sp³-hybridized carbons (Fsp3) is 0.545. The molecule has 0 radical (unpaired) electrons. The average molecular weight is 511 g/mol. The van der Waals surface area contributed by atoms with Gasteiger partial charge < -0.3 is 10.4 Å². The number of ketones is 1. The van der Waals surface area contributed by atoms with Crippen LogP contribution in [0.2, 0.25) is 0 Å². The van der Waals surface area contributed by atoms with Crippen LogP contribution in [0, 0.1) is 5.41 Å². The van der Waals surface area contributed by atoms with Crippen molar-refractivity contribution < 1.29 is 26.7 Å². The van der Waals surface area contributed by atoms with Crippen molar-refractivity contribution in [1.82, 2.24) is 4.90 Å². The molecule has 0 aromatic heterocycles. The number of amidine groups is 1. The fourth-order valence-electron chi connectivity index (χ4n) is 4.71. The Bertz CT molecular complexity index is 1310. The maximum atomic E-state index is 13.6. The molecule has 3 heterocycles. The summed E-state index contributed by atoms with van der Waals surface area (Å²) < 4.78 is 55.1. The highest BCUT2D eigenvalue weighted by molar-refractivity contribution is 7.92. The van der Waals surface area contributed by atoms with Crippen molar-refractivity contribution in [3.8, 4) is 0 Å². The molecular weight excluding hydrogens is 480 g/mol. The number of hydrogen-bond acceptors (Lipinski definition) is 8. The molecule has 1 aromatic rings. The van der Waals surface area contributed by atoms with Gasteiger partial charge in [0.15, 0.2) is 11.6 Å². The predicted octanol–water partition coefficient (Wildman–Crippen LogP) is 2.62. The summed E-state index contributed by atoms with van der Waals surface area (Å²) in [4.78, 5) is 15.4. The Morgan fingerprint density at radius 3 is 2.65 bits per heavy atom. The number of nitrogens with zero attached hydrogens (tertiary/aromatic N) is 2. The number of rotatable bonds is 5. The molecule has 34 heavy (non-hydrogen) atoms. The van der Waals surface area contributed by atoms with Gasteiger partial charge in [0.25, 0.3) is 10.0 Å². The molecule has 0 amide bonds. The lowest BCUT2D eigenvalue weighted by atomic mass is 9.84. The van der Waals surface area contributed by atoms with Gasteiger partial charge in [-0.05, 0) is 55.8 Å². The van der Waals surface area contributed by atoms with Crippen LogP contribution in [0.25, 0.3) is 0 Å². The highest BCUT2D eigenvalue weighted by Crippen LogP contribution is 2.38. The molecule has 186 valence electrons. The first kappa shape index (κ1) is 24.7. The minimum Gasteiger partial charge on any atom is -0.510 e. The summed E-state index contributed by atoms with van der Waals surface area (Å²) in [5.41, 5.74) is 0.149. The monoisotopic (exact) mass is 510 g/mol. The Labute approximate surface area is 200 Å². The first-order valence-electron chi connectivity index (χ1n) is 11.1. The van der Waals surface area contributed by atoms with Gasteiger partial charge in [0, 0.05) is 5.69 Å². The van der Waals surface area contributed by atoms with Crippen LogP contribution in [-0.2, 0) is 24.8 Å². The Kier molecular flexibility index (Phi) is 6.06. The maximum Gasteiger partial charge on any atom is 0.286 e. The summed E-state index contributed by atoms with van der Waals surface area (Å²) >= 11 is 0. The van der Waals surface area contributed by atoms with E-state index in [1.54, 1.807) is 0 Å². The summed E-state index contributed by atoms with van der Waals surface area (Å²) in [6.45, 7) is 6.98. The van der Waals surface area contributed by atoms with Crippen LogP contribution < -0.4 is 10.0 Å². The molecule has 0 aliphatic carbocycles. The second-order valence-corrected chi connectivity index (χ2v) is 13.6. The highest BCUT2D eigenvalue weighted by atomic mass is 32.2. The second-order valence-electron chi connectivity index (χ2n) is 10.3. The zero-order chi connectivity index (χ0) is 25.1. The summed E-state index contributed by atoms with van der Waals surface area (Å²) in [6.07, 6.45) is 3.84. The topological polar surface area (TPSA) is 145 Å². The molecule has 1 saturated heterocycles. The number of Topliss-reactive ketones (excluding diaryl/α,β-unsaturated/α-hetero) is 1. The van der Waals surface area contributed by atoms with Crippen LogP contribution in [0.4, 0.5) is 11.4 Å². The molecule has 3 N–H and O–H groups in total. The molecule has 0 bridgehead atoms. The SMILES string of the molecule is CC(C)(C)CC[C@@H]1C(=O)C(C2=NS(=O)(=O)c3cc(NS(C)(=O)=O)ccc3N2)=C(O)[C@H]2CCCN12. The zero-order valence-corrected chi connectivity index (χ0v) is 21.3. The van der Waals surface area contributed by atoms with Crippen molar-refractivity contribution in [2.45, 2.75) is 63.4 Å². The van der Waals surface area contributed by atoms with E-state index in [0.29, 0.717) is 19.4 Å². The van der Waals surface area contributed by atoms with Gasteiger partial charge in [0.1, 0.15) is 16.2 Å². The summed E-state index contributed by atoms with van der Waals surface area (Å²) in [5, 5.41) is 13.9. The van der Waals surface area contributed by atoms with Crippen LogP contribution in [0.15, 0.2) is 38.8 Å². The maximum absolute atomic E-state index is 13.6. The minimum atomic E-state index is -4.26. The van der Waals surface area contributed by atoms with Gasteiger partial charge in [-0.2, -0.15) is 8.42 Å². The van der Waals surface area contributed by atoms with E-state index in [2.05, 4.69) is 35.2 Å². The Morgan fingerprint density at radius 2 is 2.00 bits per heavy atom. The Hall–Kier alpha value is -2.44. The number of fused-ring (bicyclic) bond motifs is 2. The molecule has 12 heteroatoms. The van der Waals surface area contributed by atoms with Gasteiger partial charge in [-0.3, -0.25) is 14.4 Å². The van der Waals surface area contributed by atoms with Crippen molar-refractivity contribution in [3.63, 3.8) is 0 Å². The average Bonchev–Trinajstić information content (AvgIpc) is 3.16. The van der Waals surface area contributed by atoms with Crippen LogP contribution >= 0.6 is 0 Å². The number of benzene rings is 1. The third-order valence-electron chi connectivity index (χ3n) is 6.25. The van der Waals surface area contributed by atoms with E-state index in [1.807, 2.05) is 4.90 Å². The molecule has 10 nitrogen and oxygen atoms in total. The van der Waals surface area contributed by atoms with Crippen molar-refractivity contribution in [3.05, 3.63) is 29.5 Å². The van der Waals surface area contributed by atoms with Gasteiger partial charge >= 0.3 is 0 Å². The van der Waals surface area contributed by atoms with Crippen LogP contribution in [0.1, 0.15) is 46.5 Å². The van der Waals surface area contributed by atoms with E-state index in [4.69, 9.17) is 0 Å². The zero-order valence-electron chi connectivity index (χ0n) is 19.6. The van der Waals surface area contributed by atoms with E-state index in [-0.39, 0.29) is 50.7 Å². The van der Waals surface area contributed by atoms with Crippen molar-refractivity contribution >= 4 is 43.0 Å². The van der Waals surface area contributed by atoms with E-state index in [0.717, 1.165) is 19.1 Å². The Balaban J connectivity index is 1.73. The van der Waals surface area contributed by atoms with Crippen LogP contribution in [0.3, 0.4) is 0 Å². The molecule has 0 unspecified atom stereocenters. The lowest BCUT2D eigenvalue weighted by Gasteiger charge is -2.38.